The van der Waals surface area contributed by atoms with Gasteiger partial charge in [0.05, 0.1) is 7.11 Å². The fraction of sp³-hybridized carbons (Fsp3) is 0.267. The Labute approximate surface area is 115 Å². The highest BCUT2D eigenvalue weighted by Crippen LogP contribution is 2.32. The summed E-state index contributed by atoms with van der Waals surface area (Å²) in [5.41, 5.74) is 1.89. The predicted molar refractivity (Wildman–Crippen MR) is 77.6 cm³/mol. The fourth-order valence-electron chi connectivity index (χ4n) is 2.14. The average Bonchev–Trinajstić information content (AvgIpc) is 2.39. The summed E-state index contributed by atoms with van der Waals surface area (Å²) in [6, 6.07) is 7.89. The van der Waals surface area contributed by atoms with Crippen molar-refractivity contribution in [2.45, 2.75) is 19.8 Å². The smallest absolute Gasteiger partial charge is 0.151 e. The minimum absolute atomic E-state index is 0.721. The Bertz CT molecular complexity index is 591. The molecule has 2 rings (SSSR count). The number of hydrogen-bond donors (Lipinski definition) is 0. The molecule has 0 N–H and O–H groups in total. The number of aryl methyl sites for hydroxylation is 1. The number of ether oxygens (including phenoxy) is 1. The molecule has 0 amide bonds. The Morgan fingerprint density at radius 3 is 2.72 bits per heavy atom. The van der Waals surface area contributed by atoms with Crippen molar-refractivity contribution in [3.05, 3.63) is 39.9 Å². The van der Waals surface area contributed by atoms with Crippen molar-refractivity contribution in [1.29, 1.82) is 0 Å². The van der Waals surface area contributed by atoms with Crippen LogP contribution in [0.1, 0.15) is 29.3 Å². The Balaban J connectivity index is 2.74. The van der Waals surface area contributed by atoms with Crippen LogP contribution in [0.5, 0.6) is 5.75 Å². The average molecular weight is 307 g/mol. The highest BCUT2D eigenvalue weighted by atomic mass is 79.9. The molecule has 0 fully saturated rings. The van der Waals surface area contributed by atoms with Gasteiger partial charge < -0.3 is 4.74 Å². The lowest BCUT2D eigenvalue weighted by Gasteiger charge is -2.11. The number of halogens is 1. The van der Waals surface area contributed by atoms with Gasteiger partial charge in [0.25, 0.3) is 0 Å². The number of aldehydes is 1. The Morgan fingerprint density at radius 1 is 1.33 bits per heavy atom. The van der Waals surface area contributed by atoms with Crippen molar-refractivity contribution >= 4 is 33.0 Å². The highest BCUT2D eigenvalue weighted by molar-refractivity contribution is 9.10. The lowest BCUT2D eigenvalue weighted by atomic mass is 9.99. The highest BCUT2D eigenvalue weighted by Gasteiger charge is 2.11. The molecule has 0 bridgehead atoms. The number of benzene rings is 2. The third kappa shape index (κ3) is 2.27. The Hall–Kier alpha value is -1.35. The quantitative estimate of drug-likeness (QED) is 0.784. The molecule has 2 nitrogen and oxygen atoms in total. The summed E-state index contributed by atoms with van der Waals surface area (Å²) < 4.78 is 6.14. The van der Waals surface area contributed by atoms with Gasteiger partial charge in [0.15, 0.2) is 6.29 Å². The summed E-state index contributed by atoms with van der Waals surface area (Å²) in [5.74, 6) is 0.809. The summed E-state index contributed by atoms with van der Waals surface area (Å²) in [6.45, 7) is 2.13. The molecule has 0 aliphatic rings. The van der Waals surface area contributed by atoms with E-state index in [1.54, 1.807) is 7.11 Å². The molecule has 3 heteroatoms. The maximum atomic E-state index is 11.3. The topological polar surface area (TPSA) is 26.3 Å². The molecule has 0 aliphatic heterocycles. The van der Waals surface area contributed by atoms with Crippen molar-refractivity contribution < 1.29 is 9.53 Å². The molecule has 2 aromatic carbocycles. The van der Waals surface area contributed by atoms with Crippen molar-refractivity contribution in [3.63, 3.8) is 0 Å². The lowest BCUT2D eigenvalue weighted by Crippen LogP contribution is -1.94. The van der Waals surface area contributed by atoms with Gasteiger partial charge in [-0.25, -0.2) is 0 Å². The number of fused-ring (bicyclic) bond motifs is 1. The van der Waals surface area contributed by atoms with Gasteiger partial charge in [0, 0.05) is 10.0 Å². The molecule has 0 aliphatic carbocycles. The second kappa shape index (κ2) is 5.53. The Kier molecular flexibility index (Phi) is 4.02. The van der Waals surface area contributed by atoms with Crippen LogP contribution >= 0.6 is 15.9 Å². The second-order valence-electron chi connectivity index (χ2n) is 4.22. The van der Waals surface area contributed by atoms with Gasteiger partial charge in [-0.1, -0.05) is 13.3 Å². The molecule has 18 heavy (non-hydrogen) atoms. The number of hydrogen-bond acceptors (Lipinski definition) is 2. The zero-order valence-corrected chi connectivity index (χ0v) is 12.1. The molecule has 0 spiro atoms. The summed E-state index contributed by atoms with van der Waals surface area (Å²) >= 11 is 3.54. The summed E-state index contributed by atoms with van der Waals surface area (Å²) in [7, 11) is 1.65. The fourth-order valence-corrected chi connectivity index (χ4v) is 2.76. The monoisotopic (exact) mass is 306 g/mol. The van der Waals surface area contributed by atoms with Crippen LogP contribution < -0.4 is 4.74 Å². The number of rotatable bonds is 4. The third-order valence-corrected chi connectivity index (χ3v) is 3.97. The molecule has 0 atom stereocenters. The SMILES string of the molecule is CCCc1cc2cc(OC)ccc2c(C=O)c1Br. The molecular formula is C15H15BrO2. The summed E-state index contributed by atoms with van der Waals surface area (Å²) in [4.78, 5) is 11.3. The van der Waals surface area contributed by atoms with E-state index >= 15 is 0 Å². The van der Waals surface area contributed by atoms with E-state index < -0.39 is 0 Å². The van der Waals surface area contributed by atoms with Crippen LogP contribution in [-0.4, -0.2) is 13.4 Å². The first-order chi connectivity index (χ1) is 8.71. The van der Waals surface area contributed by atoms with Gasteiger partial charge in [-0.2, -0.15) is 0 Å². The number of carbonyl (C=O) groups excluding carboxylic acids is 1. The van der Waals surface area contributed by atoms with Gasteiger partial charge in [-0.15, -0.1) is 0 Å². The standard InChI is InChI=1S/C15H15BrO2/c1-3-4-10-7-11-8-12(18-2)5-6-13(11)14(9-17)15(10)16/h5-9H,3-4H2,1-2H3. The Morgan fingerprint density at radius 2 is 2.11 bits per heavy atom. The van der Waals surface area contributed by atoms with Crippen molar-refractivity contribution in [1.82, 2.24) is 0 Å². The van der Waals surface area contributed by atoms with Crippen LogP contribution in [0.3, 0.4) is 0 Å². The van der Waals surface area contributed by atoms with E-state index in [-0.39, 0.29) is 0 Å². The van der Waals surface area contributed by atoms with Crippen molar-refractivity contribution in [3.8, 4) is 5.75 Å². The molecule has 0 saturated carbocycles. The first-order valence-corrected chi connectivity index (χ1v) is 6.74. The van der Waals surface area contributed by atoms with Gasteiger partial charge in [-0.3, -0.25) is 4.79 Å². The van der Waals surface area contributed by atoms with E-state index in [9.17, 15) is 4.79 Å². The molecule has 0 aromatic heterocycles. The van der Waals surface area contributed by atoms with Gasteiger partial charge in [-0.05, 0) is 63.0 Å². The van der Waals surface area contributed by atoms with Crippen LogP contribution in [-0.2, 0) is 6.42 Å². The van der Waals surface area contributed by atoms with E-state index in [0.717, 1.165) is 45.7 Å². The van der Waals surface area contributed by atoms with Crippen LogP contribution in [0.2, 0.25) is 0 Å². The van der Waals surface area contributed by atoms with Crippen LogP contribution in [0.4, 0.5) is 0 Å². The minimum Gasteiger partial charge on any atom is -0.497 e. The van der Waals surface area contributed by atoms with E-state index in [4.69, 9.17) is 4.74 Å². The van der Waals surface area contributed by atoms with Gasteiger partial charge in [0.1, 0.15) is 5.75 Å². The maximum Gasteiger partial charge on any atom is 0.151 e. The van der Waals surface area contributed by atoms with Crippen LogP contribution in [0.25, 0.3) is 10.8 Å². The second-order valence-corrected chi connectivity index (χ2v) is 5.01. The summed E-state index contributed by atoms with van der Waals surface area (Å²) in [6.07, 6.45) is 2.92. The molecule has 94 valence electrons. The first kappa shape index (κ1) is 13.1. The first-order valence-electron chi connectivity index (χ1n) is 5.95. The minimum atomic E-state index is 0.721. The zero-order chi connectivity index (χ0) is 13.1. The molecule has 0 saturated heterocycles. The molecule has 2 aromatic rings. The molecule has 0 heterocycles. The lowest BCUT2D eigenvalue weighted by molar-refractivity contribution is 0.112. The zero-order valence-electron chi connectivity index (χ0n) is 10.5. The van der Waals surface area contributed by atoms with Crippen LogP contribution in [0.15, 0.2) is 28.7 Å². The maximum absolute atomic E-state index is 11.3. The largest absolute Gasteiger partial charge is 0.497 e. The van der Waals surface area contributed by atoms with Crippen LogP contribution in [0, 0.1) is 0 Å². The number of carbonyl (C=O) groups is 1. The molecule has 0 unspecified atom stereocenters. The van der Waals surface area contributed by atoms with Gasteiger partial charge in [0.2, 0.25) is 0 Å². The van der Waals surface area contributed by atoms with Crippen molar-refractivity contribution in [2.75, 3.05) is 7.11 Å². The third-order valence-electron chi connectivity index (χ3n) is 3.03. The van der Waals surface area contributed by atoms with Gasteiger partial charge >= 0.3 is 0 Å². The summed E-state index contributed by atoms with van der Waals surface area (Å²) in [5, 5.41) is 2.00. The van der Waals surface area contributed by atoms with E-state index in [1.165, 1.54) is 5.56 Å². The normalized spacial score (nSPS) is 10.6. The predicted octanol–water partition coefficient (Wildman–Crippen LogP) is 4.38. The number of methoxy groups -OCH3 is 1. The van der Waals surface area contributed by atoms with E-state index in [0.29, 0.717) is 0 Å². The van der Waals surface area contributed by atoms with E-state index in [2.05, 4.69) is 28.9 Å². The molecular weight excluding hydrogens is 292 g/mol. The molecule has 0 radical (unpaired) electrons. The van der Waals surface area contributed by atoms with E-state index in [1.807, 2.05) is 18.2 Å². The van der Waals surface area contributed by atoms with Crippen molar-refractivity contribution in [2.24, 2.45) is 0 Å².